The van der Waals surface area contributed by atoms with Crippen molar-refractivity contribution in [3.63, 3.8) is 0 Å². The van der Waals surface area contributed by atoms with Crippen LogP contribution in [-0.2, 0) is 57.1 Å². The molecule has 15 heteroatoms. The third-order valence-corrected chi connectivity index (χ3v) is 15.2. The van der Waals surface area contributed by atoms with Crippen LogP contribution in [0.15, 0.2) is 0 Å². The Balaban J connectivity index is 1.39. The molecule has 0 bridgehead atoms. The van der Waals surface area contributed by atoms with E-state index in [1.807, 2.05) is 20.8 Å². The zero-order chi connectivity index (χ0) is 37.3. The molecule has 21 atom stereocenters. The van der Waals surface area contributed by atoms with E-state index in [0.29, 0.717) is 6.42 Å². The van der Waals surface area contributed by atoms with Crippen molar-refractivity contribution in [2.45, 2.75) is 135 Å². The molecule has 5 aliphatic carbocycles. The summed E-state index contributed by atoms with van der Waals surface area (Å²) in [5.74, 6) is -10.8. The largest absolute Gasteiger partial charge is 0.459 e. The summed E-state index contributed by atoms with van der Waals surface area (Å²) in [5.41, 5.74) is -6.19. The first-order chi connectivity index (χ1) is 23.6. The Morgan fingerprint density at radius 3 is 1.90 bits per heavy atom. The highest BCUT2D eigenvalue weighted by Crippen LogP contribution is 2.81. The van der Waals surface area contributed by atoms with Gasteiger partial charge in [0, 0.05) is 68.1 Å². The van der Waals surface area contributed by atoms with Crippen molar-refractivity contribution in [3.05, 3.63) is 0 Å². The summed E-state index contributed by atoms with van der Waals surface area (Å²) in [6, 6.07) is 0. The minimum atomic E-state index is -2.12. The number of esters is 5. The van der Waals surface area contributed by atoms with Crippen molar-refractivity contribution >= 4 is 29.8 Å². The van der Waals surface area contributed by atoms with Crippen LogP contribution < -0.4 is 0 Å². The number of aliphatic hydroxyl groups excluding tert-OH is 2. The van der Waals surface area contributed by atoms with Crippen LogP contribution in [0.4, 0.5) is 0 Å². The number of hydrogen-bond acceptors (Lipinski definition) is 15. The Kier molecular flexibility index (Phi) is 7.19. The fraction of sp³-hybridized carbons (Fsp3) is 0.861. The summed E-state index contributed by atoms with van der Waals surface area (Å²) >= 11 is 0. The number of ether oxygens (including phenoxy) is 7. The second-order valence-corrected chi connectivity index (χ2v) is 17.3. The van der Waals surface area contributed by atoms with Gasteiger partial charge in [-0.05, 0) is 32.1 Å². The predicted octanol–water partition coefficient (Wildman–Crippen LogP) is 0.416. The first-order valence-corrected chi connectivity index (χ1v) is 18.0. The highest BCUT2D eigenvalue weighted by atomic mass is 16.8. The molecule has 8 rings (SSSR count). The maximum absolute atomic E-state index is 13.4. The zero-order valence-corrected chi connectivity index (χ0v) is 30.2. The molecule has 1 spiro atoms. The normalized spacial score (nSPS) is 58.1. The van der Waals surface area contributed by atoms with E-state index in [0.717, 1.165) is 0 Å². The average Bonchev–Trinajstić information content (AvgIpc) is 3.91. The van der Waals surface area contributed by atoms with Crippen LogP contribution in [0.5, 0.6) is 0 Å². The van der Waals surface area contributed by atoms with Crippen LogP contribution in [0.2, 0.25) is 0 Å². The lowest BCUT2D eigenvalue weighted by Crippen LogP contribution is -2.75. The summed E-state index contributed by atoms with van der Waals surface area (Å²) in [7, 11) is 0. The number of fused-ring (bicyclic) bond motifs is 9. The van der Waals surface area contributed by atoms with Crippen molar-refractivity contribution in [3.8, 4) is 0 Å². The molecule has 3 N–H and O–H groups in total. The number of epoxide rings is 2. The van der Waals surface area contributed by atoms with Gasteiger partial charge in [0.05, 0.1) is 23.7 Å². The summed E-state index contributed by atoms with van der Waals surface area (Å²) < 4.78 is 42.5. The van der Waals surface area contributed by atoms with E-state index in [1.54, 1.807) is 6.92 Å². The molecule has 3 heterocycles. The van der Waals surface area contributed by atoms with Gasteiger partial charge in [-0.15, -0.1) is 0 Å². The van der Waals surface area contributed by atoms with Crippen molar-refractivity contribution in [2.75, 3.05) is 0 Å². The van der Waals surface area contributed by atoms with Crippen LogP contribution in [0.1, 0.15) is 68.7 Å². The van der Waals surface area contributed by atoms with E-state index in [1.165, 1.54) is 34.6 Å². The topological polar surface area (TPSA) is 217 Å². The molecule has 0 unspecified atom stereocenters. The van der Waals surface area contributed by atoms with Gasteiger partial charge in [0.2, 0.25) is 5.79 Å². The Labute approximate surface area is 294 Å². The summed E-state index contributed by atoms with van der Waals surface area (Å²) in [5, 5.41) is 37.5. The third kappa shape index (κ3) is 3.99. The number of carbonyl (C=O) groups is 5. The van der Waals surface area contributed by atoms with Crippen molar-refractivity contribution < 1.29 is 72.5 Å². The number of aliphatic hydroxyl groups is 3. The third-order valence-electron chi connectivity index (χ3n) is 15.2. The smallest absolute Gasteiger partial charge is 0.341 e. The van der Waals surface area contributed by atoms with Gasteiger partial charge >= 0.3 is 29.8 Å². The minimum absolute atomic E-state index is 0.316. The van der Waals surface area contributed by atoms with E-state index in [4.69, 9.17) is 33.2 Å². The van der Waals surface area contributed by atoms with Gasteiger partial charge in [-0.1, -0.05) is 20.8 Å². The molecular weight excluding hydrogens is 672 g/mol. The Morgan fingerprint density at radius 2 is 1.31 bits per heavy atom. The fourth-order valence-corrected chi connectivity index (χ4v) is 13.4. The number of hydrogen-bond donors (Lipinski definition) is 3. The molecule has 15 nitrogen and oxygen atoms in total. The summed E-state index contributed by atoms with van der Waals surface area (Å²) in [6.45, 7) is 13.5. The minimum Gasteiger partial charge on any atom is -0.459 e. The number of carbonyl (C=O) groups excluding carboxylic acids is 5. The van der Waals surface area contributed by atoms with Crippen molar-refractivity contribution in [1.29, 1.82) is 0 Å². The van der Waals surface area contributed by atoms with Crippen LogP contribution in [0.3, 0.4) is 0 Å². The first-order valence-electron chi connectivity index (χ1n) is 18.0. The molecule has 282 valence electrons. The number of rotatable bonds is 4. The summed E-state index contributed by atoms with van der Waals surface area (Å²) in [6.07, 6.45) is -8.73. The van der Waals surface area contributed by atoms with E-state index in [-0.39, 0.29) is 6.10 Å². The highest BCUT2D eigenvalue weighted by Gasteiger charge is 2.93. The lowest BCUT2D eigenvalue weighted by Gasteiger charge is -2.67. The molecular formula is C36H48O15. The van der Waals surface area contributed by atoms with E-state index < -0.39 is 148 Å². The quantitative estimate of drug-likeness (QED) is 0.204. The molecule has 0 aromatic heterocycles. The van der Waals surface area contributed by atoms with Gasteiger partial charge in [-0.2, -0.15) is 0 Å². The Hall–Kier alpha value is -2.85. The van der Waals surface area contributed by atoms with Gasteiger partial charge in [0.25, 0.3) is 0 Å². The monoisotopic (exact) mass is 720 g/mol. The van der Waals surface area contributed by atoms with Gasteiger partial charge in [0.15, 0.2) is 5.60 Å². The lowest BCUT2D eigenvalue weighted by molar-refractivity contribution is -0.301. The molecule has 0 aromatic carbocycles. The van der Waals surface area contributed by atoms with Crippen LogP contribution in [0.25, 0.3) is 0 Å². The van der Waals surface area contributed by atoms with Crippen molar-refractivity contribution in [1.82, 2.24) is 0 Å². The van der Waals surface area contributed by atoms with Crippen LogP contribution >= 0.6 is 0 Å². The van der Waals surface area contributed by atoms with Crippen LogP contribution in [0, 0.1) is 57.7 Å². The van der Waals surface area contributed by atoms with Gasteiger partial charge in [0.1, 0.15) is 36.6 Å². The Bertz CT molecular complexity index is 1610. The van der Waals surface area contributed by atoms with Gasteiger partial charge in [-0.25, -0.2) is 4.79 Å². The molecule has 8 aliphatic rings. The standard InChI is InChI=1S/C36H48O15/c1-11-19-22(34(8)35(9,44)31(43)51-36(34)28(11)50-36)24(42)20-18-21(27(46-13(3)38)30(33(19,20)7)48-15(5)40)32(6)16(25(23(18)41)45-12(2)37)10-17-26(49-17)29(32)47-14(4)39/h11,16-30,41-42,44H,10H2,1-9H3/t11-,16+,17-,18-,19-,20+,21+,22-,23+,24+,25-,26-,27-,28-,29-,30-,32-,33+,34-,35+,36+/m0/s1. The highest BCUT2D eigenvalue weighted by molar-refractivity contribution is 5.84. The molecule has 0 radical (unpaired) electrons. The van der Waals surface area contributed by atoms with E-state index >= 15 is 0 Å². The molecule has 3 saturated heterocycles. The van der Waals surface area contributed by atoms with Crippen molar-refractivity contribution in [2.24, 2.45) is 57.7 Å². The summed E-state index contributed by atoms with van der Waals surface area (Å²) in [4.78, 5) is 65.1. The Morgan fingerprint density at radius 1 is 0.745 bits per heavy atom. The lowest BCUT2D eigenvalue weighted by atomic mass is 9.40. The van der Waals surface area contributed by atoms with Gasteiger partial charge < -0.3 is 48.5 Å². The molecule has 5 saturated carbocycles. The van der Waals surface area contributed by atoms with E-state index in [9.17, 15) is 39.3 Å². The maximum atomic E-state index is 13.4. The zero-order valence-electron chi connectivity index (χ0n) is 30.2. The molecule has 3 aliphatic heterocycles. The second-order valence-electron chi connectivity index (χ2n) is 17.3. The molecule has 51 heavy (non-hydrogen) atoms. The average molecular weight is 721 g/mol. The van der Waals surface area contributed by atoms with Crippen LogP contribution in [-0.4, -0.2) is 111 Å². The SMILES string of the molecule is CC(=O)O[C@@H]1[C@H](O)[C@H]2[C@@H]3[C@@H](O)[C@@H]4[C@H]([C@H](C)[C@@H]5O[C@@]56OC(=O)[C@@](C)(O)[C@]46C)[C@@]3(C)[C@@H](OC(C)=O)[C@@H](OC(C)=O)[C@@H]2[C@]2(C)[C@@H]1C[C@@H]1O[C@@H]1[C@@H]2OC(C)=O. The van der Waals surface area contributed by atoms with Gasteiger partial charge in [-0.3, -0.25) is 19.2 Å². The first kappa shape index (κ1) is 35.2. The predicted molar refractivity (Wildman–Crippen MR) is 166 cm³/mol. The molecule has 0 aromatic rings. The van der Waals surface area contributed by atoms with E-state index in [2.05, 4.69) is 0 Å². The molecule has 8 fully saturated rings. The second kappa shape index (κ2) is 10.4. The molecule has 0 amide bonds. The maximum Gasteiger partial charge on any atom is 0.341 e. The fourth-order valence-electron chi connectivity index (χ4n) is 13.4.